The highest BCUT2D eigenvalue weighted by Gasteiger charge is 2.09. The molecule has 17 heavy (non-hydrogen) atoms. The molecule has 1 atom stereocenters. The fourth-order valence-electron chi connectivity index (χ4n) is 1.67. The maximum Gasteiger partial charge on any atom is 0.124 e. The van der Waals surface area contributed by atoms with Gasteiger partial charge >= 0.3 is 0 Å². The standard InChI is InChI=1S/C15H23NO/c1-5-12(3)11-17-15-10-8-7-9-14(15)13(4)16-6-2/h7-10,13,16H,3,5-6,11H2,1-2,4H3. The molecular weight excluding hydrogens is 210 g/mol. The van der Waals surface area contributed by atoms with Crippen molar-refractivity contribution in [1.29, 1.82) is 0 Å². The number of rotatable bonds is 7. The Labute approximate surface area is 105 Å². The summed E-state index contributed by atoms with van der Waals surface area (Å²) >= 11 is 0. The Morgan fingerprint density at radius 1 is 1.35 bits per heavy atom. The van der Waals surface area contributed by atoms with Gasteiger partial charge in [-0.05, 0) is 31.5 Å². The van der Waals surface area contributed by atoms with Crippen LogP contribution in [0.1, 0.15) is 38.8 Å². The van der Waals surface area contributed by atoms with Crippen LogP contribution in [0.2, 0.25) is 0 Å². The van der Waals surface area contributed by atoms with Crippen LogP contribution in [0.15, 0.2) is 36.4 Å². The smallest absolute Gasteiger partial charge is 0.124 e. The third-order valence-electron chi connectivity index (χ3n) is 2.83. The van der Waals surface area contributed by atoms with E-state index in [1.165, 1.54) is 5.56 Å². The Balaban J connectivity index is 2.73. The molecule has 0 aliphatic rings. The lowest BCUT2D eigenvalue weighted by Crippen LogP contribution is -2.18. The highest BCUT2D eigenvalue weighted by atomic mass is 16.5. The van der Waals surface area contributed by atoms with Crippen molar-refractivity contribution in [1.82, 2.24) is 5.32 Å². The number of para-hydroxylation sites is 1. The molecule has 0 bridgehead atoms. The first-order valence-corrected chi connectivity index (χ1v) is 6.30. The zero-order chi connectivity index (χ0) is 12.7. The summed E-state index contributed by atoms with van der Waals surface area (Å²) in [5.74, 6) is 0.954. The van der Waals surface area contributed by atoms with E-state index >= 15 is 0 Å². The van der Waals surface area contributed by atoms with Crippen LogP contribution < -0.4 is 10.1 Å². The lowest BCUT2D eigenvalue weighted by molar-refractivity contribution is 0.341. The first kappa shape index (κ1) is 13.8. The van der Waals surface area contributed by atoms with Crippen molar-refractivity contribution in [2.75, 3.05) is 13.2 Å². The van der Waals surface area contributed by atoms with Gasteiger partial charge in [-0.15, -0.1) is 0 Å². The van der Waals surface area contributed by atoms with E-state index in [1.54, 1.807) is 0 Å². The van der Waals surface area contributed by atoms with Crippen molar-refractivity contribution in [2.45, 2.75) is 33.2 Å². The molecule has 0 aliphatic carbocycles. The molecule has 94 valence electrons. The van der Waals surface area contributed by atoms with E-state index in [0.29, 0.717) is 12.6 Å². The summed E-state index contributed by atoms with van der Waals surface area (Å²) in [7, 11) is 0. The second kappa shape index (κ2) is 7.13. The van der Waals surface area contributed by atoms with Gasteiger partial charge in [-0.3, -0.25) is 0 Å². The third kappa shape index (κ3) is 4.23. The van der Waals surface area contributed by atoms with Gasteiger partial charge in [0.15, 0.2) is 0 Å². The van der Waals surface area contributed by atoms with E-state index in [1.807, 2.05) is 18.2 Å². The van der Waals surface area contributed by atoms with Crippen molar-refractivity contribution in [3.63, 3.8) is 0 Å². The highest BCUT2D eigenvalue weighted by molar-refractivity contribution is 5.35. The SMILES string of the molecule is C=C(CC)COc1ccccc1C(C)NCC. The van der Waals surface area contributed by atoms with Crippen molar-refractivity contribution in [2.24, 2.45) is 0 Å². The quantitative estimate of drug-likeness (QED) is 0.725. The van der Waals surface area contributed by atoms with Crippen LogP contribution in [0.5, 0.6) is 5.75 Å². The molecule has 0 heterocycles. The Bertz CT molecular complexity index is 360. The fraction of sp³-hybridized carbons (Fsp3) is 0.467. The topological polar surface area (TPSA) is 21.3 Å². The van der Waals surface area contributed by atoms with E-state index in [2.05, 4.69) is 38.7 Å². The molecule has 1 rings (SSSR count). The number of hydrogen-bond donors (Lipinski definition) is 1. The maximum atomic E-state index is 5.82. The van der Waals surface area contributed by atoms with Crippen LogP contribution in [0, 0.1) is 0 Å². The van der Waals surface area contributed by atoms with Gasteiger partial charge in [0, 0.05) is 11.6 Å². The lowest BCUT2D eigenvalue weighted by Gasteiger charge is -2.17. The minimum atomic E-state index is 0.311. The Morgan fingerprint density at radius 2 is 2.06 bits per heavy atom. The molecule has 0 fully saturated rings. The number of ether oxygens (including phenoxy) is 1. The van der Waals surface area contributed by atoms with E-state index < -0.39 is 0 Å². The van der Waals surface area contributed by atoms with E-state index in [4.69, 9.17) is 4.74 Å². The molecule has 0 aliphatic heterocycles. The summed E-state index contributed by atoms with van der Waals surface area (Å²) in [6.45, 7) is 11.9. The van der Waals surface area contributed by atoms with Crippen LogP contribution in [0.3, 0.4) is 0 Å². The van der Waals surface area contributed by atoms with Gasteiger partial charge in [-0.1, -0.05) is 38.6 Å². The zero-order valence-corrected chi connectivity index (χ0v) is 11.1. The number of nitrogens with one attached hydrogen (secondary N) is 1. The lowest BCUT2D eigenvalue weighted by atomic mass is 10.1. The highest BCUT2D eigenvalue weighted by Crippen LogP contribution is 2.25. The molecular formula is C15H23NO. The summed E-state index contributed by atoms with van der Waals surface area (Å²) < 4.78 is 5.82. The van der Waals surface area contributed by atoms with Gasteiger partial charge in [0.2, 0.25) is 0 Å². The molecule has 1 N–H and O–H groups in total. The predicted molar refractivity (Wildman–Crippen MR) is 73.5 cm³/mol. The van der Waals surface area contributed by atoms with Crippen LogP contribution >= 0.6 is 0 Å². The minimum Gasteiger partial charge on any atom is -0.489 e. The molecule has 1 aromatic rings. The summed E-state index contributed by atoms with van der Waals surface area (Å²) in [4.78, 5) is 0. The average Bonchev–Trinajstić information content (AvgIpc) is 2.36. The van der Waals surface area contributed by atoms with Crippen LogP contribution in [-0.4, -0.2) is 13.2 Å². The van der Waals surface area contributed by atoms with Crippen molar-refractivity contribution in [3.8, 4) is 5.75 Å². The summed E-state index contributed by atoms with van der Waals surface area (Å²) in [5, 5.41) is 3.40. The first-order chi connectivity index (χ1) is 8.19. The van der Waals surface area contributed by atoms with Crippen molar-refractivity contribution in [3.05, 3.63) is 42.0 Å². The van der Waals surface area contributed by atoms with Crippen molar-refractivity contribution < 1.29 is 4.74 Å². The second-order valence-corrected chi connectivity index (χ2v) is 4.21. The largest absolute Gasteiger partial charge is 0.489 e. The molecule has 2 heteroatoms. The van der Waals surface area contributed by atoms with Gasteiger partial charge in [-0.2, -0.15) is 0 Å². The molecule has 0 amide bonds. The molecule has 1 unspecified atom stereocenters. The summed E-state index contributed by atoms with van der Waals surface area (Å²) in [5.41, 5.74) is 2.33. The van der Waals surface area contributed by atoms with Crippen LogP contribution in [-0.2, 0) is 0 Å². The molecule has 0 aromatic heterocycles. The second-order valence-electron chi connectivity index (χ2n) is 4.21. The zero-order valence-electron chi connectivity index (χ0n) is 11.1. The molecule has 0 saturated heterocycles. The molecule has 1 aromatic carbocycles. The summed E-state index contributed by atoms with van der Waals surface area (Å²) in [6, 6.07) is 8.49. The Hall–Kier alpha value is -1.28. The molecule has 0 saturated carbocycles. The first-order valence-electron chi connectivity index (χ1n) is 6.30. The van der Waals surface area contributed by atoms with Crippen LogP contribution in [0.25, 0.3) is 0 Å². The van der Waals surface area contributed by atoms with Gasteiger partial charge in [0.1, 0.15) is 12.4 Å². The minimum absolute atomic E-state index is 0.311. The monoisotopic (exact) mass is 233 g/mol. The number of hydrogen-bond acceptors (Lipinski definition) is 2. The number of benzene rings is 1. The van der Waals surface area contributed by atoms with Crippen LogP contribution in [0.4, 0.5) is 0 Å². The molecule has 2 nitrogen and oxygen atoms in total. The molecule has 0 radical (unpaired) electrons. The fourth-order valence-corrected chi connectivity index (χ4v) is 1.67. The maximum absolute atomic E-state index is 5.82. The van der Waals surface area contributed by atoms with E-state index in [9.17, 15) is 0 Å². The predicted octanol–water partition coefficient (Wildman–Crippen LogP) is 3.70. The van der Waals surface area contributed by atoms with Gasteiger partial charge in [0.05, 0.1) is 0 Å². The normalized spacial score (nSPS) is 12.2. The van der Waals surface area contributed by atoms with Crippen molar-refractivity contribution >= 4 is 0 Å². The van der Waals surface area contributed by atoms with Gasteiger partial charge < -0.3 is 10.1 Å². The molecule has 0 spiro atoms. The van der Waals surface area contributed by atoms with Gasteiger partial charge in [-0.25, -0.2) is 0 Å². The van der Waals surface area contributed by atoms with E-state index in [-0.39, 0.29) is 0 Å². The average molecular weight is 233 g/mol. The summed E-state index contributed by atoms with van der Waals surface area (Å²) in [6.07, 6.45) is 0.963. The Kier molecular flexibility index (Phi) is 5.78. The van der Waals surface area contributed by atoms with E-state index in [0.717, 1.165) is 24.3 Å². The Morgan fingerprint density at radius 3 is 2.71 bits per heavy atom. The third-order valence-corrected chi connectivity index (χ3v) is 2.83. The van der Waals surface area contributed by atoms with Gasteiger partial charge in [0.25, 0.3) is 0 Å².